The van der Waals surface area contributed by atoms with Crippen molar-refractivity contribution >= 4 is 5.97 Å². The number of hydrogen-bond donors (Lipinski definition) is 1. The number of esters is 1. The molecule has 0 spiro atoms. The third-order valence-corrected chi connectivity index (χ3v) is 1.13. The highest BCUT2D eigenvalue weighted by Gasteiger charge is 2.15. The average molecular weight is 180 g/mol. The number of nitrogens with zero attached hydrogens (tertiary/aromatic N) is 2. The molecule has 0 aliphatic rings. The minimum atomic E-state index is -0.905. The van der Waals surface area contributed by atoms with Crippen molar-refractivity contribution in [2.24, 2.45) is 0 Å². The lowest BCUT2D eigenvalue weighted by molar-refractivity contribution is -0.138. The molecule has 0 aliphatic heterocycles. The largest absolute Gasteiger partial charge is 0.510 e. The number of ether oxygens (including phenoxy) is 1. The fourth-order valence-electron chi connectivity index (χ4n) is 0.595. The van der Waals surface area contributed by atoms with E-state index in [1.807, 2.05) is 0 Å². The highest BCUT2D eigenvalue weighted by atomic mass is 16.5. The first-order valence-corrected chi connectivity index (χ1v) is 3.53. The molecule has 13 heavy (non-hydrogen) atoms. The molecule has 0 aliphatic carbocycles. The molecule has 0 saturated heterocycles. The number of nitriles is 2. The third-order valence-electron chi connectivity index (χ3n) is 1.13. The minimum absolute atomic E-state index is 0.115. The van der Waals surface area contributed by atoms with Crippen molar-refractivity contribution in [1.29, 1.82) is 10.5 Å². The van der Waals surface area contributed by atoms with E-state index in [1.165, 1.54) is 6.07 Å². The number of hydrogen-bond acceptors (Lipinski definition) is 5. The maximum atomic E-state index is 10.9. The molecule has 0 heterocycles. The predicted octanol–water partition coefficient (Wildman–Crippen LogP) is 0.799. The molecule has 0 aromatic rings. The van der Waals surface area contributed by atoms with Crippen LogP contribution in [0.25, 0.3) is 0 Å². The topological polar surface area (TPSA) is 94.1 Å². The van der Waals surface area contributed by atoms with Crippen molar-refractivity contribution in [3.63, 3.8) is 0 Å². The van der Waals surface area contributed by atoms with Crippen molar-refractivity contribution in [2.45, 2.75) is 13.3 Å². The van der Waals surface area contributed by atoms with Crippen LogP contribution < -0.4 is 0 Å². The lowest BCUT2D eigenvalue weighted by Gasteiger charge is -2.00. The molecule has 68 valence electrons. The summed E-state index contributed by atoms with van der Waals surface area (Å²) in [7, 11) is 0. The summed E-state index contributed by atoms with van der Waals surface area (Å²) >= 11 is 0. The molecule has 1 N–H and O–H groups in total. The van der Waals surface area contributed by atoms with Crippen LogP contribution in [0.4, 0.5) is 0 Å². The average Bonchev–Trinajstić information content (AvgIpc) is 2.06. The van der Waals surface area contributed by atoms with Crippen LogP contribution in [0.2, 0.25) is 0 Å². The maximum absolute atomic E-state index is 10.9. The predicted molar refractivity (Wildman–Crippen MR) is 42.1 cm³/mol. The molecular weight excluding hydrogens is 172 g/mol. The molecule has 0 saturated carbocycles. The number of carbonyl (C=O) groups is 1. The molecule has 0 unspecified atom stereocenters. The van der Waals surface area contributed by atoms with Crippen LogP contribution in [-0.2, 0) is 9.53 Å². The minimum Gasteiger partial charge on any atom is -0.510 e. The van der Waals surface area contributed by atoms with Gasteiger partial charge in [0, 0.05) is 0 Å². The van der Waals surface area contributed by atoms with Gasteiger partial charge in [0.15, 0.2) is 5.57 Å². The van der Waals surface area contributed by atoms with E-state index in [-0.39, 0.29) is 13.0 Å². The zero-order valence-electron chi connectivity index (χ0n) is 7.07. The standard InChI is InChI=1S/C8H8N2O3/c1-2-13-8(12)6(5-10)7(11)3-4-9/h11H,2-3H2,1H3/b7-6-. The van der Waals surface area contributed by atoms with E-state index in [0.717, 1.165) is 0 Å². The van der Waals surface area contributed by atoms with Crippen LogP contribution >= 0.6 is 0 Å². The number of rotatable bonds is 3. The highest BCUT2D eigenvalue weighted by Crippen LogP contribution is 2.06. The van der Waals surface area contributed by atoms with Gasteiger partial charge in [-0.3, -0.25) is 0 Å². The Labute approximate surface area is 75.5 Å². The van der Waals surface area contributed by atoms with E-state index >= 15 is 0 Å². The Hall–Kier alpha value is -2.01. The SMILES string of the molecule is CCOC(=O)/C(C#N)=C(\O)CC#N. The summed E-state index contributed by atoms with van der Waals surface area (Å²) in [6.45, 7) is 1.69. The Morgan fingerprint density at radius 1 is 1.54 bits per heavy atom. The second-order valence-electron chi connectivity index (χ2n) is 1.99. The van der Waals surface area contributed by atoms with Crippen molar-refractivity contribution in [2.75, 3.05) is 6.61 Å². The molecular formula is C8H8N2O3. The second kappa shape index (κ2) is 5.62. The number of allylic oxidation sites excluding steroid dienone is 1. The Bertz CT molecular complexity index is 306. The van der Waals surface area contributed by atoms with Gasteiger partial charge in [0.1, 0.15) is 11.8 Å². The first kappa shape index (κ1) is 11.0. The summed E-state index contributed by atoms with van der Waals surface area (Å²) in [5.41, 5.74) is -0.511. The van der Waals surface area contributed by atoms with Gasteiger partial charge in [-0.05, 0) is 6.92 Å². The van der Waals surface area contributed by atoms with Crippen molar-refractivity contribution in [3.05, 3.63) is 11.3 Å². The lowest BCUT2D eigenvalue weighted by Crippen LogP contribution is -2.08. The molecule has 0 bridgehead atoms. The summed E-state index contributed by atoms with van der Waals surface area (Å²) in [5.74, 6) is -1.46. The molecule has 0 atom stereocenters. The molecule has 5 nitrogen and oxygen atoms in total. The lowest BCUT2D eigenvalue weighted by atomic mass is 10.2. The Balaban J connectivity index is 4.71. The maximum Gasteiger partial charge on any atom is 0.352 e. The van der Waals surface area contributed by atoms with Crippen molar-refractivity contribution in [3.8, 4) is 12.1 Å². The quantitative estimate of drug-likeness (QED) is 0.300. The van der Waals surface area contributed by atoms with Gasteiger partial charge >= 0.3 is 5.97 Å². The summed E-state index contributed by atoms with van der Waals surface area (Å²) < 4.78 is 4.47. The molecule has 0 amide bonds. The normalized spacial score (nSPS) is 10.7. The Morgan fingerprint density at radius 2 is 2.15 bits per heavy atom. The fraction of sp³-hybridized carbons (Fsp3) is 0.375. The highest BCUT2D eigenvalue weighted by molar-refractivity contribution is 5.93. The van der Waals surface area contributed by atoms with Crippen LogP contribution in [0.1, 0.15) is 13.3 Å². The second-order valence-corrected chi connectivity index (χ2v) is 1.99. The molecule has 5 heteroatoms. The van der Waals surface area contributed by atoms with Gasteiger partial charge in [0.2, 0.25) is 0 Å². The van der Waals surface area contributed by atoms with Gasteiger partial charge in [-0.15, -0.1) is 0 Å². The van der Waals surface area contributed by atoms with Crippen LogP contribution in [-0.4, -0.2) is 17.7 Å². The summed E-state index contributed by atoms with van der Waals surface area (Å²) in [5, 5.41) is 25.7. The van der Waals surface area contributed by atoms with Gasteiger partial charge < -0.3 is 9.84 Å². The van der Waals surface area contributed by atoms with Gasteiger partial charge in [-0.2, -0.15) is 10.5 Å². The van der Waals surface area contributed by atoms with Gasteiger partial charge in [0.05, 0.1) is 19.1 Å². The van der Waals surface area contributed by atoms with Crippen molar-refractivity contribution in [1.82, 2.24) is 0 Å². The monoisotopic (exact) mass is 180 g/mol. The smallest absolute Gasteiger partial charge is 0.352 e. The van der Waals surface area contributed by atoms with E-state index in [2.05, 4.69) is 4.74 Å². The Morgan fingerprint density at radius 3 is 2.54 bits per heavy atom. The zero-order chi connectivity index (χ0) is 10.3. The molecule has 0 radical (unpaired) electrons. The van der Waals surface area contributed by atoms with Crippen LogP contribution in [0, 0.1) is 22.7 Å². The van der Waals surface area contributed by atoms with Gasteiger partial charge in [-0.25, -0.2) is 4.79 Å². The molecule has 0 aromatic heterocycles. The molecule has 0 aromatic carbocycles. The van der Waals surface area contributed by atoms with E-state index < -0.39 is 17.3 Å². The van der Waals surface area contributed by atoms with Gasteiger partial charge in [0.25, 0.3) is 0 Å². The fourth-order valence-corrected chi connectivity index (χ4v) is 0.595. The van der Waals surface area contributed by atoms with E-state index in [1.54, 1.807) is 13.0 Å². The summed E-state index contributed by atoms with van der Waals surface area (Å²) in [6.07, 6.45) is -0.373. The number of aliphatic hydroxyl groups is 1. The number of aliphatic hydroxyl groups excluding tert-OH is 1. The van der Waals surface area contributed by atoms with Crippen LogP contribution in [0.15, 0.2) is 11.3 Å². The van der Waals surface area contributed by atoms with Crippen LogP contribution in [0.3, 0.4) is 0 Å². The Kier molecular flexibility index (Phi) is 4.75. The summed E-state index contributed by atoms with van der Waals surface area (Å²) in [4.78, 5) is 10.9. The van der Waals surface area contributed by atoms with Crippen molar-refractivity contribution < 1.29 is 14.6 Å². The first-order chi connectivity index (χ1) is 6.17. The zero-order valence-corrected chi connectivity index (χ0v) is 7.07. The molecule has 0 fully saturated rings. The third kappa shape index (κ3) is 3.26. The van der Waals surface area contributed by atoms with Gasteiger partial charge in [-0.1, -0.05) is 0 Å². The first-order valence-electron chi connectivity index (χ1n) is 3.53. The van der Waals surface area contributed by atoms with E-state index in [4.69, 9.17) is 15.6 Å². The van der Waals surface area contributed by atoms with Crippen LogP contribution in [0.5, 0.6) is 0 Å². The summed E-state index contributed by atoms with van der Waals surface area (Å²) in [6, 6.07) is 3.09. The molecule has 0 rings (SSSR count). The van der Waals surface area contributed by atoms with E-state index in [9.17, 15) is 4.79 Å². The number of carbonyl (C=O) groups excluding carboxylic acids is 1. The van der Waals surface area contributed by atoms with E-state index in [0.29, 0.717) is 0 Å².